The lowest BCUT2D eigenvalue weighted by atomic mass is 9.97. The maximum Gasteiger partial charge on any atom is 0.220 e. The second-order valence-corrected chi connectivity index (χ2v) is 16.8. The highest BCUT2D eigenvalue weighted by Gasteiger charge is 2.50. The number of amides is 1. The normalized spacial score (nSPS) is 28.3. The molecule has 0 spiro atoms. The Morgan fingerprint density at radius 1 is 0.590 bits per heavy atom. The van der Waals surface area contributed by atoms with Gasteiger partial charge in [-0.15, -0.1) is 0 Å². The number of ether oxygens (including phenoxy) is 4. The minimum absolute atomic E-state index is 0.256. The van der Waals surface area contributed by atoms with Crippen LogP contribution in [0.5, 0.6) is 0 Å². The minimum atomic E-state index is -1.79. The largest absolute Gasteiger partial charge is 0.394 e. The summed E-state index contributed by atoms with van der Waals surface area (Å²) in [6.07, 6.45) is 20.7. The molecule has 2 aliphatic rings. The third-order valence-electron chi connectivity index (χ3n) is 11.6. The van der Waals surface area contributed by atoms with E-state index in [2.05, 4.69) is 43.5 Å². The molecule has 2 saturated heterocycles. The predicted octanol–water partition coefficient (Wildman–Crippen LogP) is 5.15. The number of hydrogen-bond donors (Lipinski definition) is 9. The van der Waals surface area contributed by atoms with E-state index in [-0.39, 0.29) is 18.9 Å². The molecule has 0 aromatic heterocycles. The fraction of sp³-hybridized carbons (Fsp3) is 0.851. The number of allylic oxidation sites excluding steroid dienone is 5. The minimum Gasteiger partial charge on any atom is -0.394 e. The van der Waals surface area contributed by atoms with Crippen LogP contribution in [0.15, 0.2) is 36.5 Å². The quantitative estimate of drug-likeness (QED) is 0.0297. The molecule has 1 amide bonds. The van der Waals surface area contributed by atoms with E-state index < -0.39 is 86.8 Å². The summed E-state index contributed by atoms with van der Waals surface area (Å²) in [5.74, 6) is -0.256. The predicted molar refractivity (Wildman–Crippen MR) is 235 cm³/mol. The maximum absolute atomic E-state index is 13.1. The summed E-state index contributed by atoms with van der Waals surface area (Å²) in [6, 6.07) is -0.931. The van der Waals surface area contributed by atoms with E-state index >= 15 is 0 Å². The first-order valence-electron chi connectivity index (χ1n) is 23.7. The lowest BCUT2D eigenvalue weighted by Gasteiger charge is -2.46. The van der Waals surface area contributed by atoms with Gasteiger partial charge in [0.05, 0.1) is 32.0 Å². The summed E-state index contributed by atoms with van der Waals surface area (Å²) in [7, 11) is 0. The van der Waals surface area contributed by atoms with Crippen molar-refractivity contribution in [2.24, 2.45) is 0 Å². The number of aliphatic hydroxyl groups excluding tert-OH is 8. The lowest BCUT2D eigenvalue weighted by molar-refractivity contribution is -0.359. The van der Waals surface area contributed by atoms with Crippen molar-refractivity contribution >= 4 is 5.91 Å². The van der Waals surface area contributed by atoms with Crippen molar-refractivity contribution in [2.75, 3.05) is 19.8 Å². The summed E-state index contributed by atoms with van der Waals surface area (Å²) in [5.41, 5.74) is 0. The van der Waals surface area contributed by atoms with Gasteiger partial charge in [0, 0.05) is 6.42 Å². The molecule has 0 aliphatic carbocycles. The Labute approximate surface area is 366 Å². The smallest absolute Gasteiger partial charge is 0.220 e. The van der Waals surface area contributed by atoms with Crippen LogP contribution in [0.2, 0.25) is 0 Å². The van der Waals surface area contributed by atoms with Gasteiger partial charge in [0.2, 0.25) is 5.91 Å². The Morgan fingerprint density at radius 2 is 1.07 bits per heavy atom. The van der Waals surface area contributed by atoms with Crippen LogP contribution in [0.4, 0.5) is 0 Å². The van der Waals surface area contributed by atoms with Crippen molar-refractivity contribution in [2.45, 2.75) is 235 Å². The van der Waals surface area contributed by atoms with E-state index in [1.54, 1.807) is 6.08 Å². The van der Waals surface area contributed by atoms with Gasteiger partial charge in [-0.25, -0.2) is 0 Å². The molecule has 12 atom stereocenters. The second-order valence-electron chi connectivity index (χ2n) is 16.8. The molecular weight excluding hydrogens is 787 g/mol. The van der Waals surface area contributed by atoms with Crippen LogP contribution >= 0.6 is 0 Å². The molecule has 14 heteroatoms. The molecule has 2 rings (SSSR count). The van der Waals surface area contributed by atoms with E-state index in [4.69, 9.17) is 18.9 Å². The maximum atomic E-state index is 13.1. The van der Waals surface area contributed by atoms with Crippen molar-refractivity contribution in [1.29, 1.82) is 0 Å². The second kappa shape index (κ2) is 34.6. The summed E-state index contributed by atoms with van der Waals surface area (Å²) < 4.78 is 22.6. The molecule has 356 valence electrons. The average Bonchev–Trinajstić information content (AvgIpc) is 3.26. The van der Waals surface area contributed by atoms with Gasteiger partial charge in [-0.3, -0.25) is 4.79 Å². The van der Waals surface area contributed by atoms with Crippen LogP contribution in [-0.4, -0.2) is 140 Å². The van der Waals surface area contributed by atoms with Crippen LogP contribution in [0.1, 0.15) is 162 Å². The van der Waals surface area contributed by atoms with E-state index in [0.29, 0.717) is 12.8 Å². The average molecular weight is 872 g/mol. The van der Waals surface area contributed by atoms with Crippen molar-refractivity contribution in [3.8, 4) is 0 Å². The first-order valence-corrected chi connectivity index (χ1v) is 23.7. The van der Waals surface area contributed by atoms with Gasteiger partial charge >= 0.3 is 0 Å². The van der Waals surface area contributed by atoms with Gasteiger partial charge in [-0.2, -0.15) is 0 Å². The molecule has 0 saturated carbocycles. The molecular formula is C47H85NO13. The first-order chi connectivity index (χ1) is 29.6. The number of aliphatic hydroxyl groups is 8. The Morgan fingerprint density at radius 3 is 1.59 bits per heavy atom. The molecule has 0 bridgehead atoms. The fourth-order valence-electron chi connectivity index (χ4n) is 7.68. The highest BCUT2D eigenvalue weighted by molar-refractivity contribution is 5.76. The Kier molecular flexibility index (Phi) is 31.4. The molecule has 0 aromatic carbocycles. The molecule has 14 nitrogen and oxygen atoms in total. The van der Waals surface area contributed by atoms with Crippen LogP contribution < -0.4 is 5.32 Å². The van der Waals surface area contributed by atoms with Gasteiger partial charge in [0.1, 0.15) is 48.8 Å². The number of hydrogen-bond acceptors (Lipinski definition) is 13. The molecule has 61 heavy (non-hydrogen) atoms. The van der Waals surface area contributed by atoms with Crippen LogP contribution in [-0.2, 0) is 23.7 Å². The summed E-state index contributed by atoms with van der Waals surface area (Å²) >= 11 is 0. The van der Waals surface area contributed by atoms with Crippen LogP contribution in [0.25, 0.3) is 0 Å². The Bertz CT molecular complexity index is 1170. The standard InChI is InChI=1S/C47H85NO13/c1-3-5-7-9-11-13-15-16-17-18-19-20-21-23-25-27-29-31-39(52)48-35(36(51)30-28-26-24-22-14-12-10-8-6-4-2)34-58-46-44(57)42(55)45(38(33-50)60-46)61-47-43(56)41(54)40(53)37(32-49)59-47/h6,8,14,22,28,30,35-38,40-47,49-51,53-57H,3-5,7,9-13,15-21,23-27,29,31-34H2,1-2H3,(H,48,52)/b8-6+,22-14+,30-28+. The third-order valence-corrected chi connectivity index (χ3v) is 11.6. The van der Waals surface area contributed by atoms with Gasteiger partial charge in [0.25, 0.3) is 0 Å². The zero-order chi connectivity index (χ0) is 44.7. The highest BCUT2D eigenvalue weighted by atomic mass is 16.7. The Balaban J connectivity index is 1.86. The molecule has 12 unspecified atom stereocenters. The fourth-order valence-corrected chi connectivity index (χ4v) is 7.68. The monoisotopic (exact) mass is 872 g/mol. The summed E-state index contributed by atoms with van der Waals surface area (Å²) in [5, 5.41) is 86.4. The van der Waals surface area contributed by atoms with Gasteiger partial charge in [-0.05, 0) is 38.5 Å². The van der Waals surface area contributed by atoms with Crippen molar-refractivity contribution < 1.29 is 64.6 Å². The molecule has 0 radical (unpaired) electrons. The molecule has 2 fully saturated rings. The number of unbranched alkanes of at least 4 members (excludes halogenated alkanes) is 18. The zero-order valence-electron chi connectivity index (χ0n) is 37.4. The zero-order valence-corrected chi connectivity index (χ0v) is 37.4. The van der Waals surface area contributed by atoms with E-state index in [1.807, 2.05) is 6.08 Å². The van der Waals surface area contributed by atoms with Crippen molar-refractivity contribution in [3.05, 3.63) is 36.5 Å². The molecule has 2 heterocycles. The molecule has 0 aromatic rings. The van der Waals surface area contributed by atoms with Gasteiger partial charge in [0.15, 0.2) is 12.6 Å². The topological polar surface area (TPSA) is 228 Å². The third kappa shape index (κ3) is 22.6. The highest BCUT2D eigenvalue weighted by Crippen LogP contribution is 2.30. The number of nitrogens with one attached hydrogen (secondary N) is 1. The first kappa shape index (κ1) is 55.3. The van der Waals surface area contributed by atoms with E-state index in [0.717, 1.165) is 44.9 Å². The van der Waals surface area contributed by atoms with Crippen LogP contribution in [0, 0.1) is 0 Å². The number of rotatable bonds is 35. The van der Waals surface area contributed by atoms with Crippen LogP contribution in [0.3, 0.4) is 0 Å². The Hall–Kier alpha value is -1.79. The van der Waals surface area contributed by atoms with E-state index in [1.165, 1.54) is 83.5 Å². The van der Waals surface area contributed by atoms with Gasteiger partial charge < -0.3 is 65.1 Å². The number of carbonyl (C=O) groups excluding carboxylic acids is 1. The molecule has 2 aliphatic heterocycles. The summed E-state index contributed by atoms with van der Waals surface area (Å²) in [4.78, 5) is 13.1. The SMILES string of the molecule is CC/C=C/CC/C=C/CC/C=C/C(O)C(COC1OC(CO)C(OC2OC(CO)C(O)C(O)C2O)C(O)C1O)NC(=O)CCCCCCCCCCCCCCCCCCC. The number of carbonyl (C=O) groups is 1. The van der Waals surface area contributed by atoms with Gasteiger partial charge in [-0.1, -0.05) is 153 Å². The molecule has 9 N–H and O–H groups in total. The summed E-state index contributed by atoms with van der Waals surface area (Å²) in [6.45, 7) is 2.62. The van der Waals surface area contributed by atoms with E-state index in [9.17, 15) is 45.6 Å². The van der Waals surface area contributed by atoms with Crippen molar-refractivity contribution in [3.63, 3.8) is 0 Å². The van der Waals surface area contributed by atoms with Crippen molar-refractivity contribution in [1.82, 2.24) is 5.32 Å². The lowest BCUT2D eigenvalue weighted by Crippen LogP contribution is -2.65.